The predicted molar refractivity (Wildman–Crippen MR) is 113 cm³/mol. The SMILES string of the molecule is Cc1ccc(Cl)cc1NC(=O)CCn1cnc2c(cnn2-c2ccccc2)c1=O. The summed E-state index contributed by atoms with van der Waals surface area (Å²) in [6, 6.07) is 14.8. The van der Waals surface area contributed by atoms with Crippen LogP contribution in [0.15, 0.2) is 65.8 Å². The van der Waals surface area contributed by atoms with Crippen LogP contribution >= 0.6 is 11.6 Å². The molecule has 0 saturated carbocycles. The summed E-state index contributed by atoms with van der Waals surface area (Å²) in [5.74, 6) is -0.206. The minimum atomic E-state index is -0.232. The average Bonchev–Trinajstić information content (AvgIpc) is 3.16. The minimum absolute atomic E-state index is 0.131. The molecule has 146 valence electrons. The van der Waals surface area contributed by atoms with Crippen LogP contribution in [0.5, 0.6) is 0 Å². The molecule has 0 aliphatic rings. The van der Waals surface area contributed by atoms with Crippen LogP contribution in [0.1, 0.15) is 12.0 Å². The molecule has 0 radical (unpaired) electrons. The molecule has 2 heterocycles. The largest absolute Gasteiger partial charge is 0.326 e. The maximum atomic E-state index is 12.8. The molecule has 4 rings (SSSR count). The lowest BCUT2D eigenvalue weighted by Gasteiger charge is -2.10. The van der Waals surface area contributed by atoms with E-state index >= 15 is 0 Å². The van der Waals surface area contributed by atoms with E-state index in [1.165, 1.54) is 17.1 Å². The fourth-order valence-corrected chi connectivity index (χ4v) is 3.20. The smallest absolute Gasteiger partial charge is 0.264 e. The molecule has 0 fully saturated rings. The van der Waals surface area contributed by atoms with Crippen LogP contribution in [0.4, 0.5) is 5.69 Å². The number of para-hydroxylation sites is 1. The second-order valence-electron chi connectivity index (χ2n) is 6.63. The van der Waals surface area contributed by atoms with E-state index in [1.54, 1.807) is 16.8 Å². The molecule has 1 amide bonds. The highest BCUT2D eigenvalue weighted by molar-refractivity contribution is 6.31. The van der Waals surface area contributed by atoms with E-state index in [0.717, 1.165) is 11.3 Å². The number of hydrogen-bond acceptors (Lipinski definition) is 4. The van der Waals surface area contributed by atoms with Crippen molar-refractivity contribution in [1.82, 2.24) is 19.3 Å². The van der Waals surface area contributed by atoms with E-state index < -0.39 is 0 Å². The van der Waals surface area contributed by atoms with Gasteiger partial charge in [-0.1, -0.05) is 35.9 Å². The maximum absolute atomic E-state index is 12.8. The Bertz CT molecular complexity index is 1250. The van der Waals surface area contributed by atoms with Crippen molar-refractivity contribution in [2.24, 2.45) is 0 Å². The van der Waals surface area contributed by atoms with Gasteiger partial charge in [0.05, 0.1) is 18.2 Å². The van der Waals surface area contributed by atoms with Crippen molar-refractivity contribution >= 4 is 34.2 Å². The summed E-state index contributed by atoms with van der Waals surface area (Å²) < 4.78 is 3.04. The van der Waals surface area contributed by atoms with E-state index in [2.05, 4.69) is 15.4 Å². The number of fused-ring (bicyclic) bond motifs is 1. The zero-order chi connectivity index (χ0) is 20.4. The van der Waals surface area contributed by atoms with Gasteiger partial charge >= 0.3 is 0 Å². The number of anilines is 1. The zero-order valence-corrected chi connectivity index (χ0v) is 16.4. The Morgan fingerprint density at radius 1 is 1.17 bits per heavy atom. The van der Waals surface area contributed by atoms with Crippen molar-refractivity contribution < 1.29 is 4.79 Å². The van der Waals surface area contributed by atoms with Gasteiger partial charge in [0.2, 0.25) is 5.91 Å². The van der Waals surface area contributed by atoms with Gasteiger partial charge in [0.25, 0.3) is 5.56 Å². The Morgan fingerprint density at radius 2 is 1.97 bits per heavy atom. The fraction of sp³-hybridized carbons (Fsp3) is 0.143. The highest BCUT2D eigenvalue weighted by atomic mass is 35.5. The van der Waals surface area contributed by atoms with Crippen LogP contribution in [0, 0.1) is 6.92 Å². The number of halogens is 1. The molecule has 2 aromatic carbocycles. The Morgan fingerprint density at radius 3 is 2.76 bits per heavy atom. The normalized spacial score (nSPS) is 11.0. The molecule has 29 heavy (non-hydrogen) atoms. The van der Waals surface area contributed by atoms with Gasteiger partial charge in [0, 0.05) is 23.7 Å². The van der Waals surface area contributed by atoms with Crippen molar-refractivity contribution in [3.05, 3.63) is 82.0 Å². The van der Waals surface area contributed by atoms with Gasteiger partial charge in [-0.2, -0.15) is 5.10 Å². The number of rotatable bonds is 5. The Kier molecular flexibility index (Phi) is 5.14. The lowest BCUT2D eigenvalue weighted by molar-refractivity contribution is -0.116. The standard InChI is InChI=1S/C21H18ClN5O2/c1-14-7-8-15(22)11-18(14)25-19(28)9-10-26-13-23-20-17(21(26)29)12-24-27(20)16-5-3-2-4-6-16/h2-8,11-13H,9-10H2,1H3,(H,25,28). The predicted octanol–water partition coefficient (Wildman–Crippen LogP) is 3.57. The van der Waals surface area contributed by atoms with Gasteiger partial charge < -0.3 is 5.32 Å². The number of nitrogens with one attached hydrogen (secondary N) is 1. The number of carbonyl (C=O) groups is 1. The second-order valence-corrected chi connectivity index (χ2v) is 7.07. The van der Waals surface area contributed by atoms with Gasteiger partial charge in [0.15, 0.2) is 5.65 Å². The molecular weight excluding hydrogens is 390 g/mol. The van der Waals surface area contributed by atoms with Crippen molar-refractivity contribution in [2.75, 3.05) is 5.32 Å². The zero-order valence-electron chi connectivity index (χ0n) is 15.7. The van der Waals surface area contributed by atoms with Gasteiger partial charge in [-0.3, -0.25) is 14.2 Å². The number of nitrogens with zero attached hydrogens (tertiary/aromatic N) is 4. The molecule has 1 N–H and O–H groups in total. The Labute approximate surface area is 171 Å². The second kappa shape index (κ2) is 7.89. The Hall–Kier alpha value is -3.45. The summed E-state index contributed by atoms with van der Waals surface area (Å²) >= 11 is 5.98. The van der Waals surface area contributed by atoms with Crippen molar-refractivity contribution in [3.63, 3.8) is 0 Å². The third-order valence-corrected chi connectivity index (χ3v) is 4.84. The van der Waals surface area contributed by atoms with Crippen LogP contribution < -0.4 is 10.9 Å². The monoisotopic (exact) mass is 407 g/mol. The lowest BCUT2D eigenvalue weighted by atomic mass is 10.2. The molecule has 0 bridgehead atoms. The molecule has 0 unspecified atom stereocenters. The first-order valence-electron chi connectivity index (χ1n) is 9.07. The van der Waals surface area contributed by atoms with E-state index in [-0.39, 0.29) is 24.4 Å². The lowest BCUT2D eigenvalue weighted by Crippen LogP contribution is -2.23. The number of carbonyl (C=O) groups excluding carboxylic acids is 1. The third-order valence-electron chi connectivity index (χ3n) is 4.61. The van der Waals surface area contributed by atoms with Gasteiger partial charge in [-0.15, -0.1) is 0 Å². The van der Waals surface area contributed by atoms with E-state index in [0.29, 0.717) is 21.7 Å². The maximum Gasteiger partial charge on any atom is 0.264 e. The summed E-state index contributed by atoms with van der Waals surface area (Å²) in [6.07, 6.45) is 3.08. The first kappa shape index (κ1) is 18.9. The van der Waals surface area contributed by atoms with Gasteiger partial charge in [0.1, 0.15) is 5.39 Å². The first-order valence-corrected chi connectivity index (χ1v) is 9.45. The highest BCUT2D eigenvalue weighted by Gasteiger charge is 2.12. The van der Waals surface area contributed by atoms with Crippen LogP contribution in [0.2, 0.25) is 5.02 Å². The van der Waals surface area contributed by atoms with Crippen molar-refractivity contribution in [3.8, 4) is 5.69 Å². The van der Waals surface area contributed by atoms with E-state index in [9.17, 15) is 9.59 Å². The quantitative estimate of drug-likeness (QED) is 0.548. The number of aromatic nitrogens is 4. The topological polar surface area (TPSA) is 81.8 Å². The summed E-state index contributed by atoms with van der Waals surface area (Å²) in [5, 5.41) is 8.07. The van der Waals surface area contributed by atoms with Crippen LogP contribution in [-0.4, -0.2) is 25.2 Å². The highest BCUT2D eigenvalue weighted by Crippen LogP contribution is 2.20. The molecule has 2 aromatic heterocycles. The molecule has 0 saturated heterocycles. The molecule has 4 aromatic rings. The van der Waals surface area contributed by atoms with Crippen LogP contribution in [0.3, 0.4) is 0 Å². The first-order chi connectivity index (χ1) is 14.0. The number of aryl methyl sites for hydroxylation is 2. The number of hydrogen-bond donors (Lipinski definition) is 1. The molecule has 0 aliphatic heterocycles. The molecular formula is C21H18ClN5O2. The van der Waals surface area contributed by atoms with Gasteiger partial charge in [-0.05, 0) is 36.8 Å². The summed E-state index contributed by atoms with van der Waals surface area (Å²) in [4.78, 5) is 29.5. The van der Waals surface area contributed by atoms with Crippen LogP contribution in [-0.2, 0) is 11.3 Å². The minimum Gasteiger partial charge on any atom is -0.326 e. The van der Waals surface area contributed by atoms with E-state index in [4.69, 9.17) is 11.6 Å². The third kappa shape index (κ3) is 3.90. The molecule has 7 nitrogen and oxygen atoms in total. The van der Waals surface area contributed by atoms with Gasteiger partial charge in [-0.25, -0.2) is 9.67 Å². The molecule has 0 spiro atoms. The summed E-state index contributed by atoms with van der Waals surface area (Å²) in [5.41, 5.74) is 2.65. The average molecular weight is 408 g/mol. The Balaban J connectivity index is 1.52. The van der Waals surface area contributed by atoms with Crippen molar-refractivity contribution in [1.29, 1.82) is 0 Å². The van der Waals surface area contributed by atoms with Crippen LogP contribution in [0.25, 0.3) is 16.7 Å². The summed E-state index contributed by atoms with van der Waals surface area (Å²) in [6.45, 7) is 2.10. The fourth-order valence-electron chi connectivity index (χ4n) is 3.03. The van der Waals surface area contributed by atoms with E-state index in [1.807, 2.05) is 43.3 Å². The molecule has 0 atom stereocenters. The molecule has 8 heteroatoms. The number of benzene rings is 2. The molecule has 0 aliphatic carbocycles. The summed E-state index contributed by atoms with van der Waals surface area (Å²) in [7, 11) is 0. The van der Waals surface area contributed by atoms with Crippen molar-refractivity contribution in [2.45, 2.75) is 19.9 Å². The number of amides is 1.